The van der Waals surface area contributed by atoms with Crippen molar-refractivity contribution in [1.82, 2.24) is 19.7 Å². The second-order valence-corrected chi connectivity index (χ2v) is 6.63. The van der Waals surface area contributed by atoms with Crippen molar-refractivity contribution in [1.29, 1.82) is 5.26 Å². The first kappa shape index (κ1) is 14.2. The molecule has 0 aliphatic carbocycles. The summed E-state index contributed by atoms with van der Waals surface area (Å²) in [7, 11) is 0. The maximum Gasteiger partial charge on any atom is 0.163 e. The van der Waals surface area contributed by atoms with Crippen LogP contribution in [0.3, 0.4) is 0 Å². The first-order valence-electron chi connectivity index (χ1n) is 7.66. The summed E-state index contributed by atoms with van der Waals surface area (Å²) < 4.78 is 1.79. The predicted molar refractivity (Wildman–Crippen MR) is 89.3 cm³/mol. The number of aromatic nitrogens is 4. The van der Waals surface area contributed by atoms with Crippen molar-refractivity contribution in [2.45, 2.75) is 32.4 Å². The zero-order valence-corrected chi connectivity index (χ0v) is 13.6. The number of aryl methyl sites for hydroxylation is 1. The van der Waals surface area contributed by atoms with Gasteiger partial charge in [0.2, 0.25) is 0 Å². The summed E-state index contributed by atoms with van der Waals surface area (Å²) in [5.41, 5.74) is 2.19. The second kappa shape index (κ2) is 5.63. The van der Waals surface area contributed by atoms with Gasteiger partial charge in [0.25, 0.3) is 0 Å². The number of rotatable bonds is 3. The van der Waals surface area contributed by atoms with E-state index in [4.69, 9.17) is 5.26 Å². The molecule has 7 heteroatoms. The van der Waals surface area contributed by atoms with Crippen LogP contribution < -0.4 is 4.90 Å². The van der Waals surface area contributed by atoms with E-state index in [-0.39, 0.29) is 0 Å². The van der Waals surface area contributed by atoms with E-state index in [9.17, 15) is 0 Å². The summed E-state index contributed by atoms with van der Waals surface area (Å²) in [6, 6.07) is 4.66. The van der Waals surface area contributed by atoms with Crippen molar-refractivity contribution >= 4 is 28.2 Å². The van der Waals surface area contributed by atoms with Crippen molar-refractivity contribution in [2.75, 3.05) is 11.4 Å². The molecule has 23 heavy (non-hydrogen) atoms. The lowest BCUT2D eigenvalue weighted by atomic mass is 10.0. The Morgan fingerprint density at radius 1 is 1.43 bits per heavy atom. The van der Waals surface area contributed by atoms with E-state index in [2.05, 4.69) is 44.4 Å². The molecule has 0 bridgehead atoms. The summed E-state index contributed by atoms with van der Waals surface area (Å²) in [6.07, 6.45) is 4.88. The number of thiophene rings is 1. The Labute approximate surface area is 138 Å². The van der Waals surface area contributed by atoms with Crippen LogP contribution in [0.1, 0.15) is 29.8 Å². The Balaban J connectivity index is 1.75. The highest BCUT2D eigenvalue weighted by Gasteiger charge is 2.27. The van der Waals surface area contributed by atoms with Crippen LogP contribution in [0.2, 0.25) is 0 Å². The Morgan fingerprint density at radius 3 is 3.22 bits per heavy atom. The van der Waals surface area contributed by atoms with Crippen molar-refractivity contribution in [2.24, 2.45) is 0 Å². The van der Waals surface area contributed by atoms with Gasteiger partial charge in [-0.2, -0.15) is 10.4 Å². The highest BCUT2D eigenvalue weighted by molar-refractivity contribution is 7.10. The van der Waals surface area contributed by atoms with Gasteiger partial charge in [0.05, 0.1) is 36.7 Å². The van der Waals surface area contributed by atoms with Gasteiger partial charge in [-0.15, -0.1) is 11.3 Å². The molecule has 3 aromatic heterocycles. The lowest BCUT2D eigenvalue weighted by Crippen LogP contribution is -2.33. The molecule has 0 aromatic carbocycles. The van der Waals surface area contributed by atoms with Gasteiger partial charge < -0.3 is 4.90 Å². The van der Waals surface area contributed by atoms with Gasteiger partial charge in [-0.3, -0.25) is 0 Å². The fourth-order valence-corrected chi connectivity index (χ4v) is 4.19. The van der Waals surface area contributed by atoms with Crippen LogP contribution in [0, 0.1) is 11.3 Å². The molecule has 0 N–H and O–H groups in total. The lowest BCUT2D eigenvalue weighted by molar-refractivity contribution is 0.626. The largest absolute Gasteiger partial charge is 0.349 e. The average Bonchev–Trinajstić information content (AvgIpc) is 3.20. The SMILES string of the molecule is C[C@@H]1c2ccsc2CCN1c1ncnc2c1cnn2CCC#N. The molecule has 1 atom stereocenters. The zero-order valence-electron chi connectivity index (χ0n) is 12.8. The quantitative estimate of drug-likeness (QED) is 0.741. The molecule has 0 unspecified atom stereocenters. The fourth-order valence-electron chi connectivity index (χ4n) is 3.23. The van der Waals surface area contributed by atoms with Crippen molar-refractivity contribution in [3.8, 4) is 6.07 Å². The van der Waals surface area contributed by atoms with Gasteiger partial charge in [0.1, 0.15) is 12.1 Å². The van der Waals surface area contributed by atoms with Gasteiger partial charge in [0, 0.05) is 11.4 Å². The summed E-state index contributed by atoms with van der Waals surface area (Å²) >= 11 is 1.84. The molecule has 4 rings (SSSR count). The summed E-state index contributed by atoms with van der Waals surface area (Å²) in [6.45, 7) is 3.73. The maximum atomic E-state index is 8.77. The third kappa shape index (κ3) is 2.26. The molecular formula is C16H16N6S. The third-order valence-corrected chi connectivity index (χ3v) is 5.39. The number of nitrogens with zero attached hydrogens (tertiary/aromatic N) is 6. The van der Waals surface area contributed by atoms with Crippen LogP contribution in [0.15, 0.2) is 24.0 Å². The van der Waals surface area contributed by atoms with Crippen LogP contribution in [0.25, 0.3) is 11.0 Å². The van der Waals surface area contributed by atoms with Crippen molar-refractivity contribution < 1.29 is 0 Å². The second-order valence-electron chi connectivity index (χ2n) is 5.63. The predicted octanol–water partition coefficient (Wildman–Crippen LogP) is 2.93. The Kier molecular flexibility index (Phi) is 3.46. The molecule has 0 saturated carbocycles. The molecule has 0 saturated heterocycles. The highest BCUT2D eigenvalue weighted by atomic mass is 32.1. The first-order valence-corrected chi connectivity index (χ1v) is 8.54. The number of nitriles is 1. The highest BCUT2D eigenvalue weighted by Crippen LogP contribution is 2.37. The summed E-state index contributed by atoms with van der Waals surface area (Å²) in [5.74, 6) is 0.933. The minimum Gasteiger partial charge on any atom is -0.349 e. The van der Waals surface area contributed by atoms with Crippen LogP contribution in [0.5, 0.6) is 0 Å². The van der Waals surface area contributed by atoms with E-state index in [1.807, 2.05) is 17.5 Å². The van der Waals surface area contributed by atoms with Gasteiger partial charge in [-0.25, -0.2) is 14.6 Å². The van der Waals surface area contributed by atoms with Gasteiger partial charge in [-0.05, 0) is 30.4 Å². The third-order valence-electron chi connectivity index (χ3n) is 4.40. The topological polar surface area (TPSA) is 70.6 Å². The fraction of sp³-hybridized carbons (Fsp3) is 0.375. The van der Waals surface area contributed by atoms with E-state index in [0.717, 1.165) is 29.8 Å². The summed E-state index contributed by atoms with van der Waals surface area (Å²) in [4.78, 5) is 12.7. The molecule has 1 aliphatic heterocycles. The molecule has 6 nitrogen and oxygen atoms in total. The lowest BCUT2D eigenvalue weighted by Gasteiger charge is -2.34. The summed E-state index contributed by atoms with van der Waals surface area (Å²) in [5, 5.41) is 16.3. The standard InChI is InChI=1S/C16H16N6S/c1-11-12-4-8-23-14(12)3-7-21(11)15-13-9-20-22(6-2-5-17)16(13)19-10-18-15/h4,8-11H,2-3,6-7H2,1H3/t11-/m1/s1. The molecule has 0 fully saturated rings. The van der Waals surface area contributed by atoms with Crippen LogP contribution >= 0.6 is 11.3 Å². The number of hydrogen-bond donors (Lipinski definition) is 0. The van der Waals surface area contributed by atoms with E-state index < -0.39 is 0 Å². The number of anilines is 1. The Bertz CT molecular complexity index is 889. The molecule has 0 amide bonds. The normalized spacial score (nSPS) is 17.2. The smallest absolute Gasteiger partial charge is 0.163 e. The van der Waals surface area contributed by atoms with Gasteiger partial charge in [-0.1, -0.05) is 0 Å². The van der Waals surface area contributed by atoms with Crippen LogP contribution in [-0.4, -0.2) is 26.3 Å². The molecule has 4 heterocycles. The van der Waals surface area contributed by atoms with E-state index in [0.29, 0.717) is 19.0 Å². The van der Waals surface area contributed by atoms with E-state index >= 15 is 0 Å². The van der Waals surface area contributed by atoms with Crippen LogP contribution in [-0.2, 0) is 13.0 Å². The number of fused-ring (bicyclic) bond motifs is 2. The maximum absolute atomic E-state index is 8.77. The molecular weight excluding hydrogens is 308 g/mol. The molecule has 3 aromatic rings. The van der Waals surface area contributed by atoms with E-state index in [1.54, 1.807) is 11.0 Å². The minimum atomic E-state index is 0.297. The van der Waals surface area contributed by atoms with Crippen molar-refractivity contribution in [3.63, 3.8) is 0 Å². The average molecular weight is 324 g/mol. The van der Waals surface area contributed by atoms with Crippen LogP contribution in [0.4, 0.5) is 5.82 Å². The molecule has 0 spiro atoms. The zero-order chi connectivity index (χ0) is 15.8. The van der Waals surface area contributed by atoms with Gasteiger partial charge >= 0.3 is 0 Å². The molecule has 1 aliphatic rings. The Morgan fingerprint density at radius 2 is 2.35 bits per heavy atom. The van der Waals surface area contributed by atoms with Gasteiger partial charge in [0.15, 0.2) is 5.65 Å². The molecule has 116 valence electrons. The molecule has 0 radical (unpaired) electrons. The monoisotopic (exact) mass is 324 g/mol. The Hall–Kier alpha value is -2.46. The first-order chi connectivity index (χ1) is 11.3. The minimum absolute atomic E-state index is 0.297. The van der Waals surface area contributed by atoms with Crippen molar-refractivity contribution in [3.05, 3.63) is 34.4 Å². The number of hydrogen-bond acceptors (Lipinski definition) is 6. The van der Waals surface area contributed by atoms with E-state index in [1.165, 1.54) is 10.4 Å².